The van der Waals surface area contributed by atoms with Crippen molar-refractivity contribution in [1.82, 2.24) is 20.8 Å². The minimum absolute atomic E-state index is 0.0261. The minimum atomic E-state index is -0.626. The Hall–Kier alpha value is -3.79. The standard InChI is InChI=1S/C19H21N7O3/c1-19(2,3)25-23-17-15(26(28)29)16(20-11-21-17)22-24-18(27)14-10-6-8-12-7-4-5-9-13(12)14/h4-11,25H,1-3H3,(H,24,27)(H2,20,21,22,23). The molecule has 3 rings (SSSR count). The zero-order valence-electron chi connectivity index (χ0n) is 16.2. The van der Waals surface area contributed by atoms with Gasteiger partial charge in [-0.25, -0.2) is 15.4 Å². The van der Waals surface area contributed by atoms with Gasteiger partial charge in [0.15, 0.2) is 0 Å². The smallest absolute Gasteiger partial charge is 0.299 e. The maximum atomic E-state index is 12.6. The molecule has 0 aliphatic carbocycles. The monoisotopic (exact) mass is 395 g/mol. The van der Waals surface area contributed by atoms with E-state index in [1.807, 2.05) is 51.1 Å². The van der Waals surface area contributed by atoms with E-state index >= 15 is 0 Å². The van der Waals surface area contributed by atoms with Gasteiger partial charge in [0.25, 0.3) is 5.91 Å². The largest absolute Gasteiger partial charge is 0.356 e. The average molecular weight is 395 g/mol. The lowest BCUT2D eigenvalue weighted by Gasteiger charge is -2.21. The molecule has 10 heteroatoms. The van der Waals surface area contributed by atoms with Gasteiger partial charge in [-0.05, 0) is 37.6 Å². The van der Waals surface area contributed by atoms with E-state index < -0.39 is 16.5 Å². The van der Waals surface area contributed by atoms with Gasteiger partial charge in [-0.3, -0.25) is 31.2 Å². The molecule has 0 aliphatic heterocycles. The molecule has 1 heterocycles. The summed E-state index contributed by atoms with van der Waals surface area (Å²) in [5.74, 6) is -0.615. The second-order valence-corrected chi connectivity index (χ2v) is 7.28. The maximum Gasteiger partial charge on any atom is 0.356 e. The third-order valence-corrected chi connectivity index (χ3v) is 3.89. The van der Waals surface area contributed by atoms with Crippen molar-refractivity contribution in [2.75, 3.05) is 10.9 Å². The molecule has 0 radical (unpaired) electrons. The summed E-state index contributed by atoms with van der Waals surface area (Å²) in [6.45, 7) is 5.66. The van der Waals surface area contributed by atoms with Crippen LogP contribution >= 0.6 is 0 Å². The summed E-state index contributed by atoms with van der Waals surface area (Å²) < 4.78 is 0. The first-order valence-corrected chi connectivity index (χ1v) is 8.83. The number of aromatic nitrogens is 2. The molecule has 1 aromatic heterocycles. The fraction of sp³-hybridized carbons (Fsp3) is 0.211. The van der Waals surface area contributed by atoms with E-state index in [1.54, 1.807) is 12.1 Å². The van der Waals surface area contributed by atoms with E-state index in [1.165, 1.54) is 0 Å². The van der Waals surface area contributed by atoms with Crippen molar-refractivity contribution in [3.63, 3.8) is 0 Å². The Kier molecular flexibility index (Phi) is 5.55. The van der Waals surface area contributed by atoms with Crippen LogP contribution in [0.3, 0.4) is 0 Å². The van der Waals surface area contributed by atoms with E-state index in [2.05, 4.69) is 31.7 Å². The van der Waals surface area contributed by atoms with Crippen molar-refractivity contribution in [2.24, 2.45) is 0 Å². The first-order chi connectivity index (χ1) is 13.8. The molecular formula is C19H21N7O3. The first-order valence-electron chi connectivity index (χ1n) is 8.83. The zero-order chi connectivity index (χ0) is 21.0. The summed E-state index contributed by atoms with van der Waals surface area (Å²) in [6.07, 6.45) is 1.16. The summed E-state index contributed by atoms with van der Waals surface area (Å²) in [7, 11) is 0. The fourth-order valence-corrected chi connectivity index (χ4v) is 2.59. The van der Waals surface area contributed by atoms with E-state index in [4.69, 9.17) is 0 Å². The zero-order valence-corrected chi connectivity index (χ0v) is 16.2. The van der Waals surface area contributed by atoms with Crippen molar-refractivity contribution >= 4 is 34.0 Å². The lowest BCUT2D eigenvalue weighted by Crippen LogP contribution is -2.40. The Morgan fingerprint density at radius 3 is 2.34 bits per heavy atom. The highest BCUT2D eigenvalue weighted by Crippen LogP contribution is 2.28. The second kappa shape index (κ2) is 8.07. The highest BCUT2D eigenvalue weighted by molar-refractivity contribution is 6.07. The number of hydrogen-bond donors (Lipinski definition) is 4. The van der Waals surface area contributed by atoms with E-state index in [0.29, 0.717) is 5.56 Å². The summed E-state index contributed by atoms with van der Waals surface area (Å²) >= 11 is 0. The third kappa shape index (κ3) is 4.74. The summed E-state index contributed by atoms with van der Waals surface area (Å²) in [6, 6.07) is 12.8. The van der Waals surface area contributed by atoms with Gasteiger partial charge in [0.2, 0.25) is 11.6 Å². The topological polar surface area (TPSA) is 134 Å². The molecule has 0 saturated carbocycles. The van der Waals surface area contributed by atoms with E-state index in [-0.39, 0.29) is 17.2 Å². The number of nitrogens with one attached hydrogen (secondary N) is 4. The molecule has 0 aliphatic rings. The molecule has 150 valence electrons. The molecular weight excluding hydrogens is 374 g/mol. The molecule has 29 heavy (non-hydrogen) atoms. The lowest BCUT2D eigenvalue weighted by molar-refractivity contribution is -0.383. The van der Waals surface area contributed by atoms with Gasteiger partial charge in [-0.15, -0.1) is 0 Å². The first kappa shape index (κ1) is 20.0. The SMILES string of the molecule is CC(C)(C)NNc1ncnc(NNC(=O)c2cccc3ccccc23)c1[N+](=O)[O-]. The van der Waals surface area contributed by atoms with Crippen LogP contribution in [0.15, 0.2) is 48.8 Å². The van der Waals surface area contributed by atoms with Gasteiger partial charge in [0, 0.05) is 11.1 Å². The highest BCUT2D eigenvalue weighted by atomic mass is 16.6. The lowest BCUT2D eigenvalue weighted by atomic mass is 10.0. The van der Waals surface area contributed by atoms with Gasteiger partial charge in [-0.1, -0.05) is 36.4 Å². The molecule has 10 nitrogen and oxygen atoms in total. The Morgan fingerprint density at radius 2 is 1.66 bits per heavy atom. The highest BCUT2D eigenvalue weighted by Gasteiger charge is 2.24. The number of rotatable bonds is 6. The molecule has 0 fully saturated rings. The normalized spacial score (nSPS) is 11.1. The van der Waals surface area contributed by atoms with Crippen LogP contribution in [0, 0.1) is 10.1 Å². The number of hydrazine groups is 2. The van der Waals surface area contributed by atoms with Crippen molar-refractivity contribution in [2.45, 2.75) is 26.3 Å². The van der Waals surface area contributed by atoms with Crippen LogP contribution in [0.2, 0.25) is 0 Å². The Bertz CT molecular complexity index is 1060. The Labute approximate surface area is 166 Å². The van der Waals surface area contributed by atoms with Gasteiger partial charge in [0.1, 0.15) is 6.33 Å². The molecule has 0 spiro atoms. The summed E-state index contributed by atoms with van der Waals surface area (Å²) in [5.41, 5.74) is 10.3. The number of carbonyl (C=O) groups is 1. The average Bonchev–Trinajstić information content (AvgIpc) is 2.69. The van der Waals surface area contributed by atoms with Crippen LogP contribution in [-0.4, -0.2) is 26.3 Å². The molecule has 0 unspecified atom stereocenters. The summed E-state index contributed by atoms with van der Waals surface area (Å²) in [5, 5.41) is 13.2. The van der Waals surface area contributed by atoms with Crippen molar-refractivity contribution in [1.29, 1.82) is 0 Å². The Morgan fingerprint density at radius 1 is 1.00 bits per heavy atom. The van der Waals surface area contributed by atoms with Gasteiger partial charge in [-0.2, -0.15) is 0 Å². The number of hydrogen-bond acceptors (Lipinski definition) is 8. The van der Waals surface area contributed by atoms with Gasteiger partial charge < -0.3 is 0 Å². The molecule has 4 N–H and O–H groups in total. The number of fused-ring (bicyclic) bond motifs is 1. The molecule has 1 amide bonds. The predicted molar refractivity (Wildman–Crippen MR) is 110 cm³/mol. The predicted octanol–water partition coefficient (Wildman–Crippen LogP) is 3.01. The molecule has 0 saturated heterocycles. The number of anilines is 2. The van der Waals surface area contributed by atoms with Gasteiger partial charge >= 0.3 is 5.69 Å². The second-order valence-electron chi connectivity index (χ2n) is 7.28. The number of nitrogens with zero attached hydrogens (tertiary/aromatic N) is 3. The van der Waals surface area contributed by atoms with Crippen LogP contribution in [0.1, 0.15) is 31.1 Å². The molecule has 2 aromatic carbocycles. The van der Waals surface area contributed by atoms with Crippen LogP contribution in [0.25, 0.3) is 10.8 Å². The van der Waals surface area contributed by atoms with Crippen LogP contribution < -0.4 is 21.7 Å². The molecule has 3 aromatic rings. The van der Waals surface area contributed by atoms with Gasteiger partial charge in [0.05, 0.1) is 4.92 Å². The van der Waals surface area contributed by atoms with E-state index in [9.17, 15) is 14.9 Å². The fourth-order valence-electron chi connectivity index (χ4n) is 2.59. The van der Waals surface area contributed by atoms with E-state index in [0.717, 1.165) is 17.1 Å². The number of benzene rings is 2. The number of carbonyl (C=O) groups excluding carboxylic acids is 1. The van der Waals surface area contributed by atoms with Crippen molar-refractivity contribution in [3.05, 3.63) is 64.5 Å². The maximum absolute atomic E-state index is 12.6. The van der Waals surface area contributed by atoms with Crippen molar-refractivity contribution < 1.29 is 9.72 Å². The quantitative estimate of drug-likeness (QED) is 0.370. The van der Waals surface area contributed by atoms with Crippen molar-refractivity contribution in [3.8, 4) is 0 Å². The Balaban J connectivity index is 1.82. The van der Waals surface area contributed by atoms with Crippen LogP contribution in [0.5, 0.6) is 0 Å². The number of nitro groups is 1. The van der Waals surface area contributed by atoms with Crippen LogP contribution in [0.4, 0.5) is 17.3 Å². The molecule has 0 atom stereocenters. The van der Waals surface area contributed by atoms with Crippen LogP contribution in [-0.2, 0) is 0 Å². The number of amides is 1. The minimum Gasteiger partial charge on any atom is -0.299 e. The third-order valence-electron chi connectivity index (χ3n) is 3.89. The summed E-state index contributed by atoms with van der Waals surface area (Å²) in [4.78, 5) is 31.4. The molecule has 0 bridgehead atoms.